The van der Waals surface area contributed by atoms with Crippen LogP contribution in [-0.2, 0) is 10.2 Å². The summed E-state index contributed by atoms with van der Waals surface area (Å²) in [6, 6.07) is 3.62. The highest BCUT2D eigenvalue weighted by Gasteiger charge is 2.47. The zero-order chi connectivity index (χ0) is 13.3. The number of nitrogens with zero attached hydrogens (tertiary/aromatic N) is 1. The van der Waals surface area contributed by atoms with E-state index in [4.69, 9.17) is 14.9 Å². The van der Waals surface area contributed by atoms with Crippen molar-refractivity contribution in [3.05, 3.63) is 40.7 Å². The van der Waals surface area contributed by atoms with Gasteiger partial charge in [-0.05, 0) is 18.6 Å². The zero-order valence-electron chi connectivity index (χ0n) is 10.2. The highest BCUT2D eigenvalue weighted by molar-refractivity contribution is 7.11. The molecule has 3 rings (SSSR count). The lowest BCUT2D eigenvalue weighted by Gasteiger charge is -2.36. The zero-order valence-corrected chi connectivity index (χ0v) is 11.1. The first-order chi connectivity index (χ1) is 9.22. The average Bonchev–Trinajstić information content (AvgIpc) is 3.11. The van der Waals surface area contributed by atoms with Gasteiger partial charge in [-0.1, -0.05) is 0 Å². The Morgan fingerprint density at radius 1 is 1.58 bits per heavy atom. The van der Waals surface area contributed by atoms with Crippen LogP contribution in [0.2, 0.25) is 0 Å². The van der Waals surface area contributed by atoms with Gasteiger partial charge in [0.2, 0.25) is 0 Å². The van der Waals surface area contributed by atoms with Crippen molar-refractivity contribution in [3.63, 3.8) is 0 Å². The summed E-state index contributed by atoms with van der Waals surface area (Å²) < 4.78 is 10.9. The van der Waals surface area contributed by atoms with Crippen LogP contribution in [0.3, 0.4) is 0 Å². The second kappa shape index (κ2) is 4.88. The van der Waals surface area contributed by atoms with E-state index in [1.54, 1.807) is 24.0 Å². The molecule has 2 atom stereocenters. The van der Waals surface area contributed by atoms with E-state index in [0.717, 1.165) is 0 Å². The minimum absolute atomic E-state index is 0.0173. The first kappa shape index (κ1) is 12.5. The maximum atomic E-state index is 12.8. The summed E-state index contributed by atoms with van der Waals surface area (Å²) in [4.78, 5) is 17.4. The number of Topliss-reactive ketones (excluding diaryl/α,β-unsaturated/α-hetero) is 1. The van der Waals surface area contributed by atoms with Crippen molar-refractivity contribution in [1.29, 1.82) is 0 Å². The Hall–Kier alpha value is -1.50. The van der Waals surface area contributed by atoms with Gasteiger partial charge in [-0.3, -0.25) is 9.78 Å². The molecule has 1 saturated heterocycles. The van der Waals surface area contributed by atoms with Gasteiger partial charge >= 0.3 is 0 Å². The van der Waals surface area contributed by atoms with Crippen LogP contribution in [0.5, 0.6) is 0 Å². The molecular weight excluding hydrogens is 264 g/mol. The van der Waals surface area contributed by atoms with Crippen molar-refractivity contribution >= 4 is 17.1 Å². The maximum Gasteiger partial charge on any atom is 0.188 e. The van der Waals surface area contributed by atoms with E-state index in [9.17, 15) is 4.79 Å². The largest absolute Gasteiger partial charge is 0.468 e. The highest BCUT2D eigenvalue weighted by Crippen LogP contribution is 2.40. The molecule has 0 aromatic carbocycles. The lowest BCUT2D eigenvalue weighted by atomic mass is 9.73. The summed E-state index contributed by atoms with van der Waals surface area (Å²) in [6.45, 7) is 0.451. The Bertz CT molecular complexity index is 552. The van der Waals surface area contributed by atoms with Crippen molar-refractivity contribution in [3.8, 4) is 0 Å². The summed E-state index contributed by atoms with van der Waals surface area (Å²) in [5, 5.41) is 0. The molecule has 0 aliphatic carbocycles. The van der Waals surface area contributed by atoms with Crippen LogP contribution in [0.1, 0.15) is 28.3 Å². The summed E-state index contributed by atoms with van der Waals surface area (Å²) in [6.07, 6.45) is 3.73. The number of thiazole rings is 1. The van der Waals surface area contributed by atoms with Gasteiger partial charge < -0.3 is 14.9 Å². The number of carbonyl (C=O) groups is 1. The second-order valence-electron chi connectivity index (χ2n) is 4.62. The van der Waals surface area contributed by atoms with Crippen molar-refractivity contribution in [1.82, 2.24) is 4.98 Å². The predicted octanol–water partition coefficient (Wildman–Crippen LogP) is 1.95. The third kappa shape index (κ3) is 2.11. The topological polar surface area (TPSA) is 78.4 Å². The van der Waals surface area contributed by atoms with Gasteiger partial charge in [-0.15, -0.1) is 11.3 Å². The van der Waals surface area contributed by atoms with Crippen molar-refractivity contribution in [2.45, 2.75) is 24.5 Å². The van der Waals surface area contributed by atoms with E-state index in [0.29, 0.717) is 30.1 Å². The fourth-order valence-electron chi connectivity index (χ4n) is 2.55. The molecule has 1 fully saturated rings. The molecule has 19 heavy (non-hydrogen) atoms. The number of ether oxygens (including phenoxy) is 1. The number of nitrogens with two attached hydrogens (primary N) is 1. The molecule has 2 N–H and O–H groups in total. The third-order valence-electron chi connectivity index (χ3n) is 3.49. The van der Waals surface area contributed by atoms with E-state index in [1.807, 2.05) is 6.07 Å². The molecule has 2 aromatic rings. The maximum absolute atomic E-state index is 12.8. The Morgan fingerprint density at radius 3 is 3.11 bits per heavy atom. The third-order valence-corrected chi connectivity index (χ3v) is 4.27. The molecule has 0 spiro atoms. The number of rotatable bonds is 3. The van der Waals surface area contributed by atoms with Crippen LogP contribution >= 0.6 is 11.3 Å². The first-order valence-corrected chi connectivity index (χ1v) is 6.95. The van der Waals surface area contributed by atoms with Gasteiger partial charge in [0.25, 0.3) is 0 Å². The minimum atomic E-state index is -0.728. The van der Waals surface area contributed by atoms with E-state index in [1.165, 1.54) is 11.3 Å². The lowest BCUT2D eigenvalue weighted by Crippen LogP contribution is -2.47. The standard InChI is InChI=1S/C13H14N2O3S/c14-11-6-13(3-5-18-11,10-2-1-4-17-10)12(16)9-7-15-8-19-9/h1-2,4,7-8,11H,3,5-6,14H2. The average molecular weight is 278 g/mol. The van der Waals surface area contributed by atoms with Gasteiger partial charge in [-0.25, -0.2) is 0 Å². The summed E-state index contributed by atoms with van der Waals surface area (Å²) in [7, 11) is 0. The molecule has 0 radical (unpaired) electrons. The quantitative estimate of drug-likeness (QED) is 0.868. The molecule has 0 saturated carbocycles. The van der Waals surface area contributed by atoms with Gasteiger partial charge in [0, 0.05) is 12.6 Å². The van der Waals surface area contributed by atoms with Gasteiger partial charge in [0.1, 0.15) is 12.0 Å². The van der Waals surface area contributed by atoms with Crippen LogP contribution in [0, 0.1) is 0 Å². The number of aromatic nitrogens is 1. The monoisotopic (exact) mass is 278 g/mol. The molecule has 2 aromatic heterocycles. The molecule has 100 valence electrons. The highest BCUT2D eigenvalue weighted by atomic mass is 32.1. The van der Waals surface area contributed by atoms with Crippen LogP contribution < -0.4 is 5.73 Å². The molecule has 0 bridgehead atoms. The summed E-state index contributed by atoms with van der Waals surface area (Å²) in [5.41, 5.74) is 6.81. The fraction of sp³-hybridized carbons (Fsp3) is 0.385. The van der Waals surface area contributed by atoms with E-state index in [2.05, 4.69) is 4.98 Å². The number of hydrogen-bond donors (Lipinski definition) is 1. The SMILES string of the molecule is NC1CC(C(=O)c2cncs2)(c2ccco2)CCO1. The van der Waals surface area contributed by atoms with Crippen LogP contribution in [0.25, 0.3) is 0 Å². The van der Waals surface area contributed by atoms with Gasteiger partial charge in [-0.2, -0.15) is 0 Å². The first-order valence-electron chi connectivity index (χ1n) is 6.07. The normalized spacial score (nSPS) is 27.3. The molecular formula is C13H14N2O3S. The predicted molar refractivity (Wildman–Crippen MR) is 70.0 cm³/mol. The van der Waals surface area contributed by atoms with Crippen molar-refractivity contribution in [2.24, 2.45) is 5.73 Å². The molecule has 1 aliphatic rings. The van der Waals surface area contributed by atoms with E-state index < -0.39 is 11.6 Å². The number of carbonyl (C=O) groups excluding carboxylic acids is 1. The fourth-order valence-corrected chi connectivity index (χ4v) is 3.20. The second-order valence-corrected chi connectivity index (χ2v) is 5.50. The lowest BCUT2D eigenvalue weighted by molar-refractivity contribution is -0.0168. The van der Waals surface area contributed by atoms with E-state index >= 15 is 0 Å². The van der Waals surface area contributed by atoms with Crippen LogP contribution in [-0.4, -0.2) is 23.6 Å². The molecule has 2 unspecified atom stereocenters. The smallest absolute Gasteiger partial charge is 0.188 e. The van der Waals surface area contributed by atoms with Crippen molar-refractivity contribution < 1.29 is 13.9 Å². The Morgan fingerprint density at radius 2 is 2.47 bits per heavy atom. The summed E-state index contributed by atoms with van der Waals surface area (Å²) in [5.74, 6) is 0.674. The number of ketones is 1. The Kier molecular flexibility index (Phi) is 3.22. The van der Waals surface area contributed by atoms with Gasteiger partial charge in [0.15, 0.2) is 5.78 Å². The molecule has 6 heteroatoms. The molecule has 3 heterocycles. The van der Waals surface area contributed by atoms with Crippen molar-refractivity contribution in [2.75, 3.05) is 6.61 Å². The van der Waals surface area contributed by atoms with Crippen LogP contribution in [0.15, 0.2) is 34.5 Å². The number of furan rings is 1. The molecule has 0 amide bonds. The van der Waals surface area contributed by atoms with Crippen LogP contribution in [0.4, 0.5) is 0 Å². The van der Waals surface area contributed by atoms with Gasteiger partial charge in [0.05, 0.1) is 28.7 Å². The molecule has 1 aliphatic heterocycles. The molecule has 5 nitrogen and oxygen atoms in total. The Labute approximate surface area is 114 Å². The summed E-state index contributed by atoms with van der Waals surface area (Å²) >= 11 is 1.34. The van der Waals surface area contributed by atoms with E-state index in [-0.39, 0.29) is 5.78 Å². The Balaban J connectivity index is 2.04. The minimum Gasteiger partial charge on any atom is -0.468 e. The number of hydrogen-bond acceptors (Lipinski definition) is 6.